The minimum atomic E-state index is -0.858. The van der Waals surface area contributed by atoms with Crippen LogP contribution in [0.2, 0.25) is 0 Å². The number of imidazole rings is 1. The van der Waals surface area contributed by atoms with Crippen molar-refractivity contribution in [3.63, 3.8) is 0 Å². The fourth-order valence-electron chi connectivity index (χ4n) is 4.66. The molecule has 1 atom stereocenters. The third-order valence-corrected chi connectivity index (χ3v) is 6.42. The first-order valence-corrected chi connectivity index (χ1v) is 10.8. The Labute approximate surface area is 191 Å². The van der Waals surface area contributed by atoms with Gasteiger partial charge in [-0.1, -0.05) is 12.1 Å². The summed E-state index contributed by atoms with van der Waals surface area (Å²) in [6.07, 6.45) is 6.04. The zero-order valence-electron chi connectivity index (χ0n) is 18.5. The molecule has 5 rings (SSSR count). The van der Waals surface area contributed by atoms with Crippen LogP contribution in [-0.4, -0.2) is 49.4 Å². The molecule has 1 N–H and O–H groups in total. The minimum absolute atomic E-state index is 0.0398. The van der Waals surface area contributed by atoms with Gasteiger partial charge in [0.1, 0.15) is 23.8 Å². The molecule has 3 aromatic rings. The molecule has 0 spiro atoms. The second-order valence-corrected chi connectivity index (χ2v) is 8.50. The highest BCUT2D eigenvalue weighted by Gasteiger charge is 2.53. The molecule has 0 bridgehead atoms. The molecular weight excluding hydrogens is 420 g/mol. The van der Waals surface area contributed by atoms with Crippen LogP contribution in [0.25, 0.3) is 5.82 Å². The Morgan fingerprint density at radius 3 is 2.76 bits per heavy atom. The van der Waals surface area contributed by atoms with Gasteiger partial charge in [-0.2, -0.15) is 0 Å². The van der Waals surface area contributed by atoms with Gasteiger partial charge in [0.2, 0.25) is 11.8 Å². The molecule has 0 saturated carbocycles. The smallest absolute Gasteiger partial charge is 0.258 e. The molecule has 1 saturated heterocycles. The number of carbonyl (C=O) groups is 3. The van der Waals surface area contributed by atoms with Crippen molar-refractivity contribution < 1.29 is 14.4 Å². The van der Waals surface area contributed by atoms with Gasteiger partial charge in [-0.15, -0.1) is 0 Å². The van der Waals surface area contributed by atoms with Gasteiger partial charge in [0, 0.05) is 31.6 Å². The van der Waals surface area contributed by atoms with Gasteiger partial charge in [-0.25, -0.2) is 9.97 Å². The van der Waals surface area contributed by atoms with Crippen molar-refractivity contribution in [3.05, 3.63) is 71.9 Å². The lowest BCUT2D eigenvalue weighted by molar-refractivity contribution is -0.124. The molecule has 2 aliphatic rings. The molecule has 1 unspecified atom stereocenters. The van der Waals surface area contributed by atoms with Crippen LogP contribution in [0.5, 0.6) is 0 Å². The number of hydrogen-bond donors (Lipinski definition) is 1. The van der Waals surface area contributed by atoms with Crippen LogP contribution in [-0.2, 0) is 16.1 Å². The van der Waals surface area contributed by atoms with Gasteiger partial charge in [0.15, 0.2) is 0 Å². The van der Waals surface area contributed by atoms with Crippen LogP contribution < -0.4 is 10.2 Å². The number of carbonyl (C=O) groups excluding carboxylic acids is 3. The number of benzene rings is 1. The SMILES string of the molecule is Cc1nccn1-c1cc(CNC(=O)CN2C(=O)c3ccccc3N3C(=O)CCC23C)ccn1. The largest absolute Gasteiger partial charge is 0.350 e. The highest BCUT2D eigenvalue weighted by molar-refractivity contribution is 6.11. The van der Waals surface area contributed by atoms with Gasteiger partial charge in [0.05, 0.1) is 11.3 Å². The third-order valence-electron chi connectivity index (χ3n) is 6.42. The van der Waals surface area contributed by atoms with Crippen LogP contribution in [0.15, 0.2) is 55.0 Å². The Hall–Kier alpha value is -4.01. The maximum absolute atomic E-state index is 13.3. The predicted molar refractivity (Wildman–Crippen MR) is 121 cm³/mol. The molecule has 1 aromatic carbocycles. The lowest BCUT2D eigenvalue weighted by Gasteiger charge is -2.48. The molecule has 9 nitrogen and oxygen atoms in total. The van der Waals surface area contributed by atoms with Gasteiger partial charge in [0.25, 0.3) is 5.91 Å². The Balaban J connectivity index is 1.33. The minimum Gasteiger partial charge on any atom is -0.350 e. The number of fused-ring (bicyclic) bond motifs is 3. The van der Waals surface area contributed by atoms with Crippen molar-refractivity contribution in [2.45, 2.75) is 38.9 Å². The van der Waals surface area contributed by atoms with Gasteiger partial charge in [-0.3, -0.25) is 23.9 Å². The summed E-state index contributed by atoms with van der Waals surface area (Å²) in [6, 6.07) is 10.8. The Morgan fingerprint density at radius 1 is 1.15 bits per heavy atom. The molecule has 9 heteroatoms. The normalized spacial score (nSPS) is 19.5. The van der Waals surface area contributed by atoms with E-state index in [1.165, 1.54) is 4.90 Å². The van der Waals surface area contributed by atoms with E-state index in [9.17, 15) is 14.4 Å². The molecule has 168 valence electrons. The Bertz CT molecular complexity index is 1270. The summed E-state index contributed by atoms with van der Waals surface area (Å²) in [5, 5.41) is 2.90. The van der Waals surface area contributed by atoms with E-state index in [0.29, 0.717) is 36.5 Å². The molecule has 0 aliphatic carbocycles. The summed E-state index contributed by atoms with van der Waals surface area (Å²) in [5.41, 5.74) is 1.07. The van der Waals surface area contributed by atoms with E-state index in [2.05, 4.69) is 15.3 Å². The maximum atomic E-state index is 13.3. The molecule has 0 radical (unpaired) electrons. The Morgan fingerprint density at radius 2 is 1.97 bits per heavy atom. The predicted octanol–water partition coefficient (Wildman–Crippen LogP) is 2.19. The van der Waals surface area contributed by atoms with E-state index in [1.807, 2.05) is 42.8 Å². The zero-order valence-corrected chi connectivity index (χ0v) is 18.5. The van der Waals surface area contributed by atoms with Crippen LogP contribution in [0, 0.1) is 6.92 Å². The van der Waals surface area contributed by atoms with E-state index in [1.54, 1.807) is 35.5 Å². The van der Waals surface area contributed by atoms with Crippen molar-refractivity contribution in [3.8, 4) is 5.82 Å². The molecular formula is C24H24N6O3. The van der Waals surface area contributed by atoms with Crippen molar-refractivity contribution in [1.82, 2.24) is 24.8 Å². The van der Waals surface area contributed by atoms with Gasteiger partial charge < -0.3 is 10.2 Å². The summed E-state index contributed by atoms with van der Waals surface area (Å²) >= 11 is 0. The molecule has 2 aliphatic heterocycles. The van der Waals surface area contributed by atoms with Gasteiger partial charge >= 0.3 is 0 Å². The van der Waals surface area contributed by atoms with Crippen molar-refractivity contribution >= 4 is 23.4 Å². The first-order chi connectivity index (χ1) is 15.9. The number of aromatic nitrogens is 3. The lowest BCUT2D eigenvalue weighted by atomic mass is 9.98. The fourth-order valence-corrected chi connectivity index (χ4v) is 4.66. The van der Waals surface area contributed by atoms with E-state index in [-0.39, 0.29) is 24.3 Å². The van der Waals surface area contributed by atoms with Crippen LogP contribution in [0.3, 0.4) is 0 Å². The second kappa shape index (κ2) is 7.84. The van der Waals surface area contributed by atoms with E-state index in [4.69, 9.17) is 0 Å². The summed E-state index contributed by atoms with van der Waals surface area (Å²) < 4.78 is 1.86. The van der Waals surface area contributed by atoms with Crippen LogP contribution in [0.1, 0.15) is 41.5 Å². The van der Waals surface area contributed by atoms with E-state index < -0.39 is 5.66 Å². The number of rotatable bonds is 5. The van der Waals surface area contributed by atoms with Crippen LogP contribution >= 0.6 is 0 Å². The number of pyridine rings is 1. The highest BCUT2D eigenvalue weighted by atomic mass is 16.2. The van der Waals surface area contributed by atoms with Crippen molar-refractivity contribution in [2.24, 2.45) is 0 Å². The van der Waals surface area contributed by atoms with Crippen molar-refractivity contribution in [2.75, 3.05) is 11.4 Å². The standard InChI is InChI=1S/C24H24N6O3/c1-16-25-11-12-28(16)20-13-17(8-10-26-20)14-27-21(31)15-29-23(33)18-5-3-4-6-19(18)30-22(32)7-9-24(29,30)2/h3-6,8,10-13H,7,9,14-15H2,1-2H3,(H,27,31). The summed E-state index contributed by atoms with van der Waals surface area (Å²) in [4.78, 5) is 50.6. The Kier molecular flexibility index (Phi) is 4.96. The first-order valence-electron chi connectivity index (χ1n) is 10.8. The number of nitrogens with zero attached hydrogens (tertiary/aromatic N) is 5. The number of anilines is 1. The average Bonchev–Trinajstić information content (AvgIpc) is 3.38. The monoisotopic (exact) mass is 444 g/mol. The summed E-state index contributed by atoms with van der Waals surface area (Å²) in [7, 11) is 0. The molecule has 1 fully saturated rings. The average molecular weight is 444 g/mol. The molecule has 33 heavy (non-hydrogen) atoms. The summed E-state index contributed by atoms with van der Waals surface area (Å²) in [6.45, 7) is 3.90. The quantitative estimate of drug-likeness (QED) is 0.650. The number of para-hydroxylation sites is 1. The van der Waals surface area contributed by atoms with Crippen molar-refractivity contribution in [1.29, 1.82) is 0 Å². The second-order valence-electron chi connectivity index (χ2n) is 8.50. The fraction of sp³-hybridized carbons (Fsp3) is 0.292. The van der Waals surface area contributed by atoms with E-state index >= 15 is 0 Å². The van der Waals surface area contributed by atoms with Gasteiger partial charge in [-0.05, 0) is 50.1 Å². The molecule has 4 heterocycles. The lowest BCUT2D eigenvalue weighted by Crippen LogP contribution is -2.63. The number of hydrogen-bond acceptors (Lipinski definition) is 5. The number of nitrogens with one attached hydrogen (secondary N) is 1. The first kappa shape index (κ1) is 20.9. The maximum Gasteiger partial charge on any atom is 0.258 e. The summed E-state index contributed by atoms with van der Waals surface area (Å²) in [5.74, 6) is 0.960. The zero-order chi connectivity index (χ0) is 23.2. The van der Waals surface area contributed by atoms with Crippen LogP contribution in [0.4, 0.5) is 5.69 Å². The topological polar surface area (TPSA) is 100 Å². The molecule has 3 amide bonds. The third kappa shape index (κ3) is 3.45. The molecule has 2 aromatic heterocycles. The highest BCUT2D eigenvalue weighted by Crippen LogP contribution is 2.43. The number of aryl methyl sites for hydroxylation is 1. The van der Waals surface area contributed by atoms with E-state index in [0.717, 1.165) is 11.4 Å². The number of amides is 3.